The Balaban J connectivity index is 1.48. The Kier molecular flexibility index (Phi) is 6.89. The van der Waals surface area contributed by atoms with Gasteiger partial charge in [0.05, 0.1) is 12.2 Å². The number of nitrogens with zero attached hydrogens (tertiary/aromatic N) is 3. The van der Waals surface area contributed by atoms with Crippen molar-refractivity contribution in [2.24, 2.45) is 5.92 Å². The van der Waals surface area contributed by atoms with Crippen molar-refractivity contribution in [3.05, 3.63) is 47.9 Å². The van der Waals surface area contributed by atoms with E-state index < -0.39 is 10.0 Å². The third-order valence-electron chi connectivity index (χ3n) is 6.26. The van der Waals surface area contributed by atoms with E-state index in [2.05, 4.69) is 15.3 Å². The molecule has 2 aliphatic heterocycles. The van der Waals surface area contributed by atoms with Gasteiger partial charge in [-0.25, -0.2) is 13.4 Å². The molecule has 0 amide bonds. The van der Waals surface area contributed by atoms with Gasteiger partial charge in [0.1, 0.15) is 10.7 Å². The van der Waals surface area contributed by atoms with Crippen molar-refractivity contribution in [2.75, 3.05) is 25.0 Å². The number of sulfonamides is 1. The van der Waals surface area contributed by atoms with Crippen molar-refractivity contribution in [3.63, 3.8) is 0 Å². The molecule has 0 radical (unpaired) electrons. The van der Waals surface area contributed by atoms with Crippen LogP contribution in [0.5, 0.6) is 0 Å². The van der Waals surface area contributed by atoms with Gasteiger partial charge in [0.2, 0.25) is 10.0 Å². The van der Waals surface area contributed by atoms with Crippen LogP contribution in [-0.4, -0.2) is 54.5 Å². The number of ether oxygens (including phenoxy) is 1. The smallest absolute Gasteiger partial charge is 0.246 e. The molecule has 2 fully saturated rings. The maximum absolute atomic E-state index is 13.5. The fourth-order valence-corrected chi connectivity index (χ4v) is 6.18. The zero-order valence-corrected chi connectivity index (χ0v) is 19.1. The van der Waals surface area contributed by atoms with Crippen LogP contribution in [0.3, 0.4) is 0 Å². The van der Waals surface area contributed by atoms with Crippen molar-refractivity contribution in [2.45, 2.75) is 63.1 Å². The summed E-state index contributed by atoms with van der Waals surface area (Å²) in [7, 11) is -3.67. The molecule has 2 saturated heterocycles. The van der Waals surface area contributed by atoms with E-state index in [1.807, 2.05) is 32.0 Å². The van der Waals surface area contributed by atoms with Crippen molar-refractivity contribution in [1.82, 2.24) is 14.3 Å². The minimum atomic E-state index is -3.67. The van der Waals surface area contributed by atoms with Crippen LogP contribution in [0.25, 0.3) is 0 Å². The third-order valence-corrected chi connectivity index (χ3v) is 8.26. The lowest BCUT2D eigenvalue weighted by Crippen LogP contribution is -2.34. The normalized spacial score (nSPS) is 23.3. The summed E-state index contributed by atoms with van der Waals surface area (Å²) in [5.41, 5.74) is 1.68. The molecule has 4 rings (SSSR count). The first-order valence-electron chi connectivity index (χ1n) is 11.2. The van der Waals surface area contributed by atoms with Gasteiger partial charge in [0, 0.05) is 43.6 Å². The molecular weight excluding hydrogens is 412 g/mol. The lowest BCUT2D eigenvalue weighted by atomic mass is 9.95. The fourth-order valence-electron chi connectivity index (χ4n) is 4.63. The first-order valence-corrected chi connectivity index (χ1v) is 12.7. The minimum absolute atomic E-state index is 0.246. The highest BCUT2D eigenvalue weighted by Crippen LogP contribution is 2.36. The van der Waals surface area contributed by atoms with Gasteiger partial charge in [0.15, 0.2) is 0 Å². The first-order chi connectivity index (χ1) is 15.0. The molecule has 7 nitrogen and oxygen atoms in total. The molecule has 8 heteroatoms. The molecular formula is C23H32N4O3S. The second-order valence-corrected chi connectivity index (χ2v) is 10.4. The van der Waals surface area contributed by atoms with Gasteiger partial charge in [-0.05, 0) is 62.8 Å². The maximum Gasteiger partial charge on any atom is 0.246 e. The van der Waals surface area contributed by atoms with Crippen LogP contribution in [0.15, 0.2) is 41.4 Å². The zero-order valence-electron chi connectivity index (χ0n) is 18.3. The molecule has 2 aromatic heterocycles. The van der Waals surface area contributed by atoms with Gasteiger partial charge in [-0.1, -0.05) is 13.0 Å². The van der Waals surface area contributed by atoms with Crippen LogP contribution in [0.2, 0.25) is 0 Å². The molecule has 0 aliphatic carbocycles. The second kappa shape index (κ2) is 9.63. The van der Waals surface area contributed by atoms with Gasteiger partial charge in [-0.2, -0.15) is 4.31 Å². The second-order valence-electron chi connectivity index (χ2n) is 8.54. The van der Waals surface area contributed by atoms with E-state index in [1.54, 1.807) is 18.3 Å². The number of nitrogens with one attached hydrogen (secondary N) is 1. The van der Waals surface area contributed by atoms with Crippen LogP contribution < -0.4 is 5.32 Å². The number of fused-ring (bicyclic) bond motifs is 2. The summed E-state index contributed by atoms with van der Waals surface area (Å²) in [6.45, 7) is 5.24. The Labute approximate surface area is 185 Å². The Bertz CT molecular complexity index is 972. The van der Waals surface area contributed by atoms with Crippen LogP contribution in [-0.2, 0) is 21.2 Å². The predicted octanol–water partition coefficient (Wildman–Crippen LogP) is 3.41. The van der Waals surface area contributed by atoms with E-state index in [1.165, 1.54) is 4.31 Å². The molecule has 0 aromatic carbocycles. The van der Waals surface area contributed by atoms with Gasteiger partial charge >= 0.3 is 0 Å². The van der Waals surface area contributed by atoms with Crippen LogP contribution in [0, 0.1) is 12.8 Å². The molecule has 0 saturated carbocycles. The quantitative estimate of drug-likeness (QED) is 0.638. The Morgan fingerprint density at radius 3 is 2.61 bits per heavy atom. The Morgan fingerprint density at radius 2 is 1.94 bits per heavy atom. The highest BCUT2D eigenvalue weighted by molar-refractivity contribution is 7.89. The molecule has 31 heavy (non-hydrogen) atoms. The van der Waals surface area contributed by atoms with E-state index in [0.717, 1.165) is 43.6 Å². The summed E-state index contributed by atoms with van der Waals surface area (Å²) < 4.78 is 34.4. The van der Waals surface area contributed by atoms with Crippen molar-refractivity contribution >= 4 is 15.8 Å². The van der Waals surface area contributed by atoms with E-state index >= 15 is 0 Å². The van der Waals surface area contributed by atoms with Gasteiger partial charge in [-0.15, -0.1) is 0 Å². The highest BCUT2D eigenvalue weighted by Gasteiger charge is 2.35. The fraction of sp³-hybridized carbons (Fsp3) is 0.565. The standard InChI is InChI=1S/C23H32N4O3S/c1-3-27(13-11-19-6-4-5-12-24-19)31(28,29)22-10-7-17(2)26-23(22)25-16-18-14-20-8-9-21(15-18)30-20/h4-7,10,12,18,20-21H,3,8-9,11,13-16H2,1-2H3,(H,25,26). The van der Waals surface area contributed by atoms with Crippen molar-refractivity contribution < 1.29 is 13.2 Å². The lowest BCUT2D eigenvalue weighted by molar-refractivity contribution is -0.0164. The average molecular weight is 445 g/mol. The monoisotopic (exact) mass is 444 g/mol. The van der Waals surface area contributed by atoms with E-state index in [4.69, 9.17) is 4.74 Å². The van der Waals surface area contributed by atoms with E-state index in [0.29, 0.717) is 43.5 Å². The summed E-state index contributed by atoms with van der Waals surface area (Å²) in [6, 6.07) is 9.14. The number of hydrogen-bond donors (Lipinski definition) is 1. The largest absolute Gasteiger partial charge is 0.375 e. The first kappa shape index (κ1) is 22.2. The van der Waals surface area contributed by atoms with Crippen LogP contribution in [0.4, 0.5) is 5.82 Å². The third kappa shape index (κ3) is 5.25. The maximum atomic E-state index is 13.5. The number of pyridine rings is 2. The number of hydrogen-bond acceptors (Lipinski definition) is 6. The van der Waals surface area contributed by atoms with Gasteiger partial charge in [0.25, 0.3) is 0 Å². The van der Waals surface area contributed by atoms with E-state index in [-0.39, 0.29) is 4.90 Å². The van der Waals surface area contributed by atoms with Gasteiger partial charge in [-0.3, -0.25) is 4.98 Å². The number of aryl methyl sites for hydroxylation is 1. The molecule has 0 spiro atoms. The zero-order chi connectivity index (χ0) is 21.8. The molecule has 168 valence electrons. The molecule has 1 N–H and O–H groups in total. The highest BCUT2D eigenvalue weighted by atomic mass is 32.2. The molecule has 2 atom stereocenters. The van der Waals surface area contributed by atoms with Crippen molar-refractivity contribution in [1.29, 1.82) is 0 Å². The number of aromatic nitrogens is 2. The van der Waals surface area contributed by atoms with Crippen molar-refractivity contribution in [3.8, 4) is 0 Å². The lowest BCUT2D eigenvalue weighted by Gasteiger charge is -2.29. The summed E-state index contributed by atoms with van der Waals surface area (Å²) in [5, 5.41) is 3.37. The summed E-state index contributed by atoms with van der Waals surface area (Å²) in [5.74, 6) is 0.936. The molecule has 2 aromatic rings. The predicted molar refractivity (Wildman–Crippen MR) is 120 cm³/mol. The van der Waals surface area contributed by atoms with Gasteiger partial charge < -0.3 is 10.1 Å². The minimum Gasteiger partial charge on any atom is -0.375 e. The molecule has 2 aliphatic rings. The molecule has 4 heterocycles. The number of anilines is 1. The van der Waals surface area contributed by atoms with E-state index in [9.17, 15) is 8.42 Å². The Morgan fingerprint density at radius 1 is 1.16 bits per heavy atom. The average Bonchev–Trinajstić information content (AvgIpc) is 3.11. The SMILES string of the molecule is CCN(CCc1ccccn1)S(=O)(=O)c1ccc(C)nc1NCC1CC2CCC(C1)O2. The number of rotatable bonds is 9. The molecule has 2 unspecified atom stereocenters. The Hall–Kier alpha value is -2.03. The summed E-state index contributed by atoms with van der Waals surface area (Å²) >= 11 is 0. The number of likely N-dealkylation sites (N-methyl/N-ethyl adjacent to an activating group) is 1. The topological polar surface area (TPSA) is 84.4 Å². The summed E-state index contributed by atoms with van der Waals surface area (Å²) in [4.78, 5) is 9.11. The van der Waals surface area contributed by atoms with Crippen LogP contribution >= 0.6 is 0 Å². The van der Waals surface area contributed by atoms with Crippen LogP contribution in [0.1, 0.15) is 44.0 Å². The summed E-state index contributed by atoms with van der Waals surface area (Å²) in [6.07, 6.45) is 7.37. The molecule has 2 bridgehead atoms.